The number of hydrogen-bond acceptors (Lipinski definition) is 6. The third kappa shape index (κ3) is 5.01. The molecule has 1 aliphatic rings. The molecule has 1 aliphatic carbocycles. The van der Waals surface area contributed by atoms with E-state index in [0.29, 0.717) is 6.42 Å². The lowest BCUT2D eigenvalue weighted by atomic mass is 10.0. The zero-order chi connectivity index (χ0) is 21.1. The molecule has 1 unspecified atom stereocenters. The molecule has 1 fully saturated rings. The van der Waals surface area contributed by atoms with E-state index in [-0.39, 0.29) is 34.1 Å². The van der Waals surface area contributed by atoms with Gasteiger partial charge in [-0.15, -0.1) is 0 Å². The van der Waals surface area contributed by atoms with E-state index in [1.807, 2.05) is 27.7 Å². The van der Waals surface area contributed by atoms with Crippen LogP contribution in [0.2, 0.25) is 0 Å². The zero-order valence-electron chi connectivity index (χ0n) is 17.1. The van der Waals surface area contributed by atoms with Gasteiger partial charge in [0.15, 0.2) is 5.69 Å². The van der Waals surface area contributed by atoms with Gasteiger partial charge < -0.3 is 21.7 Å². The number of carbonyl (C=O) groups is 3. The van der Waals surface area contributed by atoms with Crippen molar-refractivity contribution in [1.29, 1.82) is 0 Å². The van der Waals surface area contributed by atoms with E-state index in [4.69, 9.17) is 11.5 Å². The Labute approximate surface area is 170 Å². The maximum Gasteiger partial charge on any atom is 0.270 e. The second-order valence-electron chi connectivity index (χ2n) is 8.33. The molecular formula is C19H31N5O3S. The van der Waals surface area contributed by atoms with Gasteiger partial charge in [0.1, 0.15) is 10.9 Å². The number of nitrogens with one attached hydrogen (secondary N) is 1. The number of amides is 3. The number of anilines is 1. The SMILES string of the molecule is CCCC(C(=O)NC(C)(C)C)N(C(=O)c1snc(C(N)=O)c1N)C1CCCC1. The number of carbonyl (C=O) groups excluding carboxylic acids is 3. The summed E-state index contributed by atoms with van der Waals surface area (Å²) in [6.07, 6.45) is 5.01. The third-order valence-electron chi connectivity index (χ3n) is 4.81. The molecule has 0 radical (unpaired) electrons. The minimum atomic E-state index is -0.768. The Balaban J connectivity index is 2.43. The van der Waals surface area contributed by atoms with E-state index in [9.17, 15) is 14.4 Å². The molecule has 1 atom stereocenters. The molecule has 0 saturated heterocycles. The van der Waals surface area contributed by atoms with Gasteiger partial charge in [-0.3, -0.25) is 14.4 Å². The molecule has 28 heavy (non-hydrogen) atoms. The average Bonchev–Trinajstić information content (AvgIpc) is 3.22. The van der Waals surface area contributed by atoms with Gasteiger partial charge in [0.25, 0.3) is 11.8 Å². The third-order valence-corrected chi connectivity index (χ3v) is 5.66. The van der Waals surface area contributed by atoms with Gasteiger partial charge >= 0.3 is 0 Å². The van der Waals surface area contributed by atoms with E-state index >= 15 is 0 Å². The van der Waals surface area contributed by atoms with Crippen molar-refractivity contribution in [3.8, 4) is 0 Å². The summed E-state index contributed by atoms with van der Waals surface area (Å²) in [7, 11) is 0. The highest BCUT2D eigenvalue weighted by atomic mass is 32.1. The van der Waals surface area contributed by atoms with Crippen molar-refractivity contribution in [3.63, 3.8) is 0 Å². The predicted molar refractivity (Wildman–Crippen MR) is 110 cm³/mol. The minimum absolute atomic E-state index is 0.00280. The molecular weight excluding hydrogens is 378 g/mol. The first-order chi connectivity index (χ1) is 13.1. The van der Waals surface area contributed by atoms with Crippen LogP contribution in [-0.4, -0.2) is 44.6 Å². The van der Waals surface area contributed by atoms with Crippen LogP contribution in [0.25, 0.3) is 0 Å². The van der Waals surface area contributed by atoms with Crippen LogP contribution in [0.5, 0.6) is 0 Å². The van der Waals surface area contributed by atoms with Crippen LogP contribution in [0.4, 0.5) is 5.69 Å². The Kier molecular flexibility index (Phi) is 7.03. The summed E-state index contributed by atoms with van der Waals surface area (Å²) in [5.41, 5.74) is 10.8. The summed E-state index contributed by atoms with van der Waals surface area (Å²) < 4.78 is 3.95. The zero-order valence-corrected chi connectivity index (χ0v) is 17.9. The summed E-state index contributed by atoms with van der Waals surface area (Å²) in [6.45, 7) is 7.72. The number of nitrogens with two attached hydrogens (primary N) is 2. The number of aromatic nitrogens is 1. The largest absolute Gasteiger partial charge is 0.395 e. The van der Waals surface area contributed by atoms with Crippen molar-refractivity contribution in [2.45, 2.75) is 83.8 Å². The van der Waals surface area contributed by atoms with Gasteiger partial charge in [-0.05, 0) is 51.6 Å². The molecule has 8 nitrogen and oxygen atoms in total. The van der Waals surface area contributed by atoms with Crippen LogP contribution in [-0.2, 0) is 4.79 Å². The molecule has 1 aromatic heterocycles. The van der Waals surface area contributed by atoms with Crippen LogP contribution in [0, 0.1) is 0 Å². The molecule has 0 spiro atoms. The first kappa shape index (κ1) is 22.1. The first-order valence-electron chi connectivity index (χ1n) is 9.76. The lowest BCUT2D eigenvalue weighted by Crippen LogP contribution is -2.56. The lowest BCUT2D eigenvalue weighted by molar-refractivity contribution is -0.128. The highest BCUT2D eigenvalue weighted by molar-refractivity contribution is 7.09. The normalized spacial score (nSPS) is 16.0. The topological polar surface area (TPSA) is 131 Å². The summed E-state index contributed by atoms with van der Waals surface area (Å²) in [6, 6.07) is -0.633. The lowest BCUT2D eigenvalue weighted by Gasteiger charge is -2.37. The number of primary amides is 1. The molecule has 5 N–H and O–H groups in total. The van der Waals surface area contributed by atoms with Crippen LogP contribution in [0.1, 0.15) is 86.4 Å². The van der Waals surface area contributed by atoms with Crippen molar-refractivity contribution in [2.75, 3.05) is 5.73 Å². The van der Waals surface area contributed by atoms with Gasteiger partial charge in [0.05, 0.1) is 5.69 Å². The fourth-order valence-corrected chi connectivity index (χ4v) is 4.36. The van der Waals surface area contributed by atoms with Crippen molar-refractivity contribution in [1.82, 2.24) is 14.6 Å². The summed E-state index contributed by atoms with van der Waals surface area (Å²) in [5, 5.41) is 3.00. The van der Waals surface area contributed by atoms with Crippen molar-refractivity contribution >= 4 is 34.9 Å². The van der Waals surface area contributed by atoms with Crippen LogP contribution in [0.15, 0.2) is 0 Å². The van der Waals surface area contributed by atoms with Gasteiger partial charge in [0, 0.05) is 11.6 Å². The monoisotopic (exact) mass is 409 g/mol. The maximum absolute atomic E-state index is 13.5. The molecule has 9 heteroatoms. The highest BCUT2D eigenvalue weighted by Crippen LogP contribution is 2.31. The van der Waals surface area contributed by atoms with Gasteiger partial charge in [0.2, 0.25) is 5.91 Å². The highest BCUT2D eigenvalue weighted by Gasteiger charge is 2.39. The predicted octanol–water partition coefficient (Wildman–Crippen LogP) is 2.29. The van der Waals surface area contributed by atoms with Gasteiger partial charge in [-0.1, -0.05) is 26.2 Å². The van der Waals surface area contributed by atoms with Crippen molar-refractivity contribution in [2.24, 2.45) is 5.73 Å². The molecule has 3 amide bonds. The molecule has 156 valence electrons. The quantitative estimate of drug-likeness (QED) is 0.636. The number of hydrogen-bond donors (Lipinski definition) is 3. The molecule has 2 rings (SSSR count). The average molecular weight is 410 g/mol. The smallest absolute Gasteiger partial charge is 0.270 e. The molecule has 0 aromatic carbocycles. The van der Waals surface area contributed by atoms with Crippen LogP contribution in [0.3, 0.4) is 0 Å². The fraction of sp³-hybridized carbons (Fsp3) is 0.684. The number of nitrogen functional groups attached to an aromatic ring is 1. The Morgan fingerprint density at radius 3 is 2.36 bits per heavy atom. The Morgan fingerprint density at radius 2 is 1.89 bits per heavy atom. The van der Waals surface area contributed by atoms with Crippen molar-refractivity contribution in [3.05, 3.63) is 10.6 Å². The van der Waals surface area contributed by atoms with Gasteiger partial charge in [-0.2, -0.15) is 4.37 Å². The molecule has 1 heterocycles. The molecule has 0 bridgehead atoms. The Hall–Kier alpha value is -2.16. The van der Waals surface area contributed by atoms with E-state index in [1.54, 1.807) is 4.90 Å². The van der Waals surface area contributed by atoms with Gasteiger partial charge in [-0.25, -0.2) is 0 Å². The second-order valence-corrected chi connectivity index (χ2v) is 9.11. The Morgan fingerprint density at radius 1 is 1.29 bits per heavy atom. The summed E-state index contributed by atoms with van der Waals surface area (Å²) >= 11 is 0.861. The molecule has 1 saturated carbocycles. The number of nitrogens with zero attached hydrogens (tertiary/aromatic N) is 2. The standard InChI is InChI=1S/C19H31N5O3S/c1-5-8-12(17(26)22-19(2,3)4)24(11-9-6-7-10-11)18(27)15-13(20)14(16(21)25)23-28-15/h11-12H,5-10,20H2,1-4H3,(H2,21,25)(H,22,26). The fourth-order valence-electron chi connectivity index (χ4n) is 3.61. The van der Waals surface area contributed by atoms with Crippen molar-refractivity contribution < 1.29 is 14.4 Å². The van der Waals surface area contributed by atoms with Crippen LogP contribution >= 0.6 is 11.5 Å². The number of rotatable bonds is 7. The van der Waals surface area contributed by atoms with E-state index in [0.717, 1.165) is 43.6 Å². The summed E-state index contributed by atoms with van der Waals surface area (Å²) in [5.74, 6) is -1.29. The maximum atomic E-state index is 13.5. The molecule has 1 aromatic rings. The van der Waals surface area contributed by atoms with E-state index in [1.165, 1.54) is 0 Å². The van der Waals surface area contributed by atoms with E-state index < -0.39 is 17.5 Å². The van der Waals surface area contributed by atoms with E-state index in [2.05, 4.69) is 9.69 Å². The molecule has 0 aliphatic heterocycles. The first-order valence-corrected chi connectivity index (χ1v) is 10.5. The Bertz CT molecular complexity index is 734. The second kappa shape index (κ2) is 8.89. The minimum Gasteiger partial charge on any atom is -0.395 e. The summed E-state index contributed by atoms with van der Waals surface area (Å²) in [4.78, 5) is 39.8. The van der Waals surface area contributed by atoms with Crippen LogP contribution < -0.4 is 16.8 Å².